The van der Waals surface area contributed by atoms with E-state index in [1.165, 1.54) is 12.1 Å². The molecule has 0 aliphatic heterocycles. The quantitative estimate of drug-likeness (QED) is 0.566. The van der Waals surface area contributed by atoms with Gasteiger partial charge in [-0.05, 0) is 48.5 Å². The van der Waals surface area contributed by atoms with E-state index in [0.29, 0.717) is 5.82 Å². The number of fused-ring (bicyclic) bond motifs is 1. The van der Waals surface area contributed by atoms with E-state index in [9.17, 15) is 4.39 Å². The van der Waals surface area contributed by atoms with Crippen LogP contribution >= 0.6 is 0 Å². The van der Waals surface area contributed by atoms with Crippen molar-refractivity contribution in [2.75, 3.05) is 0 Å². The third-order valence-corrected chi connectivity index (χ3v) is 3.39. The maximum Gasteiger partial charge on any atom is 0.165 e. The molecule has 0 amide bonds. The second-order valence-corrected chi connectivity index (χ2v) is 4.81. The van der Waals surface area contributed by atoms with Gasteiger partial charge in [0.1, 0.15) is 17.0 Å². The summed E-state index contributed by atoms with van der Waals surface area (Å²) in [6.45, 7) is 0. The molecule has 0 spiro atoms. The molecule has 0 N–H and O–H groups in total. The second-order valence-electron chi connectivity index (χ2n) is 4.81. The molecule has 0 unspecified atom stereocenters. The Kier molecular flexibility index (Phi) is 2.89. The van der Waals surface area contributed by atoms with Gasteiger partial charge in [0.15, 0.2) is 11.5 Å². The number of imidazole rings is 1. The van der Waals surface area contributed by atoms with Crippen LogP contribution in [-0.2, 0) is 0 Å². The number of halogens is 1. The van der Waals surface area contributed by atoms with Gasteiger partial charge in [0, 0.05) is 18.1 Å². The van der Waals surface area contributed by atoms with Gasteiger partial charge in [-0.2, -0.15) is 0 Å². The Morgan fingerprint density at radius 2 is 1.64 bits per heavy atom. The van der Waals surface area contributed by atoms with Gasteiger partial charge in [-0.25, -0.2) is 14.4 Å². The molecule has 106 valence electrons. The first-order valence-corrected chi connectivity index (χ1v) is 6.84. The third-order valence-electron chi connectivity index (χ3n) is 3.39. The fourth-order valence-electron chi connectivity index (χ4n) is 2.41. The lowest BCUT2D eigenvalue weighted by Crippen LogP contribution is -1.99. The van der Waals surface area contributed by atoms with E-state index in [1.807, 2.05) is 34.9 Å². The highest BCUT2D eigenvalue weighted by Crippen LogP contribution is 2.26. The topological polar surface area (TPSA) is 43.6 Å². The van der Waals surface area contributed by atoms with E-state index in [1.54, 1.807) is 24.5 Å². The van der Waals surface area contributed by atoms with Crippen molar-refractivity contribution in [3.05, 3.63) is 72.8 Å². The lowest BCUT2D eigenvalue weighted by Gasteiger charge is -2.08. The Hall–Kier alpha value is -3.08. The van der Waals surface area contributed by atoms with Crippen LogP contribution in [0.2, 0.25) is 0 Å². The first-order chi connectivity index (χ1) is 10.8. The molecule has 3 heterocycles. The van der Waals surface area contributed by atoms with Crippen molar-refractivity contribution in [3.63, 3.8) is 0 Å². The van der Waals surface area contributed by atoms with Crippen molar-refractivity contribution in [1.82, 2.24) is 19.5 Å². The number of pyridine rings is 2. The largest absolute Gasteiger partial charge is 0.275 e. The standard InChI is InChI=1S/C17H11FN4/c18-12-6-8-13(9-7-12)22-16-15(5-3-11-20-16)21-17(22)14-4-1-2-10-19-14/h1-11H. The third kappa shape index (κ3) is 2.03. The lowest BCUT2D eigenvalue weighted by molar-refractivity contribution is 0.627. The minimum atomic E-state index is -0.277. The molecule has 1 aromatic carbocycles. The number of benzene rings is 1. The Balaban J connectivity index is 2.04. The van der Waals surface area contributed by atoms with E-state index in [-0.39, 0.29) is 5.82 Å². The van der Waals surface area contributed by atoms with Crippen molar-refractivity contribution in [3.8, 4) is 17.2 Å². The summed E-state index contributed by atoms with van der Waals surface area (Å²) in [6, 6.07) is 15.6. The monoisotopic (exact) mass is 290 g/mol. The zero-order valence-corrected chi connectivity index (χ0v) is 11.5. The van der Waals surface area contributed by atoms with Crippen LogP contribution in [0, 0.1) is 5.82 Å². The average molecular weight is 290 g/mol. The number of aromatic nitrogens is 4. The van der Waals surface area contributed by atoms with Crippen LogP contribution in [0.5, 0.6) is 0 Å². The summed E-state index contributed by atoms with van der Waals surface area (Å²) in [7, 11) is 0. The smallest absolute Gasteiger partial charge is 0.165 e. The number of hydrogen-bond donors (Lipinski definition) is 0. The SMILES string of the molecule is Fc1ccc(-n2c(-c3ccccn3)nc3cccnc32)cc1. The normalized spacial score (nSPS) is 11.0. The van der Waals surface area contributed by atoms with E-state index >= 15 is 0 Å². The molecule has 4 aromatic rings. The molecule has 0 radical (unpaired) electrons. The number of rotatable bonds is 2. The van der Waals surface area contributed by atoms with Crippen LogP contribution in [0.4, 0.5) is 4.39 Å². The maximum atomic E-state index is 13.2. The molecule has 5 heteroatoms. The molecule has 0 bridgehead atoms. The van der Waals surface area contributed by atoms with Crippen LogP contribution < -0.4 is 0 Å². The van der Waals surface area contributed by atoms with E-state index in [0.717, 1.165) is 22.5 Å². The van der Waals surface area contributed by atoms with Crippen LogP contribution in [0.15, 0.2) is 67.0 Å². The molecule has 0 saturated carbocycles. The predicted octanol–water partition coefficient (Wildman–Crippen LogP) is 3.62. The Morgan fingerprint density at radius 1 is 0.818 bits per heavy atom. The number of hydrogen-bond acceptors (Lipinski definition) is 3. The summed E-state index contributed by atoms with van der Waals surface area (Å²) in [5.41, 5.74) is 3.02. The van der Waals surface area contributed by atoms with Gasteiger partial charge in [0.05, 0.1) is 0 Å². The predicted molar refractivity (Wildman–Crippen MR) is 82.1 cm³/mol. The number of nitrogens with zero attached hydrogens (tertiary/aromatic N) is 4. The molecule has 0 atom stereocenters. The Bertz CT molecular complexity index is 930. The summed E-state index contributed by atoms with van der Waals surface area (Å²) < 4.78 is 15.1. The molecule has 0 fully saturated rings. The van der Waals surface area contributed by atoms with E-state index in [2.05, 4.69) is 15.0 Å². The molecule has 4 rings (SSSR count). The van der Waals surface area contributed by atoms with Crippen molar-refractivity contribution in [2.45, 2.75) is 0 Å². The van der Waals surface area contributed by atoms with Gasteiger partial charge in [-0.1, -0.05) is 6.07 Å². The highest BCUT2D eigenvalue weighted by Gasteiger charge is 2.15. The van der Waals surface area contributed by atoms with Gasteiger partial charge in [-0.3, -0.25) is 9.55 Å². The first kappa shape index (κ1) is 12.6. The van der Waals surface area contributed by atoms with Crippen LogP contribution in [0.1, 0.15) is 0 Å². The van der Waals surface area contributed by atoms with Crippen molar-refractivity contribution < 1.29 is 4.39 Å². The summed E-state index contributed by atoms with van der Waals surface area (Å²) in [6.07, 6.45) is 3.43. The summed E-state index contributed by atoms with van der Waals surface area (Å²) in [4.78, 5) is 13.4. The summed E-state index contributed by atoms with van der Waals surface area (Å²) in [5, 5.41) is 0. The van der Waals surface area contributed by atoms with Gasteiger partial charge < -0.3 is 0 Å². The zero-order chi connectivity index (χ0) is 14.9. The van der Waals surface area contributed by atoms with Crippen LogP contribution in [-0.4, -0.2) is 19.5 Å². The Morgan fingerprint density at radius 3 is 2.41 bits per heavy atom. The highest BCUT2D eigenvalue weighted by atomic mass is 19.1. The van der Waals surface area contributed by atoms with E-state index in [4.69, 9.17) is 0 Å². The molecule has 0 saturated heterocycles. The Labute approximate surface area is 125 Å². The molecular weight excluding hydrogens is 279 g/mol. The molecule has 22 heavy (non-hydrogen) atoms. The van der Waals surface area contributed by atoms with Gasteiger partial charge in [0.25, 0.3) is 0 Å². The second kappa shape index (κ2) is 5.04. The van der Waals surface area contributed by atoms with Crippen LogP contribution in [0.25, 0.3) is 28.4 Å². The maximum absolute atomic E-state index is 13.2. The van der Waals surface area contributed by atoms with Gasteiger partial charge >= 0.3 is 0 Å². The van der Waals surface area contributed by atoms with Crippen molar-refractivity contribution >= 4 is 11.2 Å². The first-order valence-electron chi connectivity index (χ1n) is 6.84. The fourth-order valence-corrected chi connectivity index (χ4v) is 2.41. The van der Waals surface area contributed by atoms with Gasteiger partial charge in [-0.15, -0.1) is 0 Å². The van der Waals surface area contributed by atoms with E-state index < -0.39 is 0 Å². The molecule has 4 nitrogen and oxygen atoms in total. The summed E-state index contributed by atoms with van der Waals surface area (Å²) >= 11 is 0. The van der Waals surface area contributed by atoms with Crippen molar-refractivity contribution in [2.24, 2.45) is 0 Å². The van der Waals surface area contributed by atoms with Crippen molar-refractivity contribution in [1.29, 1.82) is 0 Å². The minimum Gasteiger partial charge on any atom is -0.275 e. The van der Waals surface area contributed by atoms with Crippen LogP contribution in [0.3, 0.4) is 0 Å². The fraction of sp³-hybridized carbons (Fsp3) is 0. The molecular formula is C17H11FN4. The molecule has 0 aliphatic rings. The van der Waals surface area contributed by atoms with Gasteiger partial charge in [0.2, 0.25) is 0 Å². The zero-order valence-electron chi connectivity index (χ0n) is 11.5. The summed E-state index contributed by atoms with van der Waals surface area (Å²) in [5.74, 6) is 0.404. The molecule has 0 aliphatic carbocycles. The minimum absolute atomic E-state index is 0.277. The average Bonchev–Trinajstić information content (AvgIpc) is 2.96. The molecule has 3 aromatic heterocycles. The highest BCUT2D eigenvalue weighted by molar-refractivity contribution is 5.79. The lowest BCUT2D eigenvalue weighted by atomic mass is 10.3.